The van der Waals surface area contributed by atoms with Crippen LogP contribution in [0.3, 0.4) is 0 Å². The zero-order valence-electron chi connectivity index (χ0n) is 14.9. The lowest BCUT2D eigenvalue weighted by atomic mass is 10.0. The molecule has 0 saturated carbocycles. The average molecular weight is 361 g/mol. The third-order valence-electron chi connectivity index (χ3n) is 4.65. The zero-order chi connectivity index (χ0) is 18.3. The Bertz CT molecular complexity index is 1120. The quantitative estimate of drug-likeness (QED) is 0.457. The number of anilines is 2. The second-order valence-electron chi connectivity index (χ2n) is 6.48. The Hall–Kier alpha value is -2.92. The SMILES string of the molecule is Cc1ccc(-c2csc3ncnc(Nc4ccc(O)cc4C)c23)cc1C. The van der Waals surface area contributed by atoms with Gasteiger partial charge in [0.25, 0.3) is 0 Å². The lowest BCUT2D eigenvalue weighted by Gasteiger charge is -2.11. The summed E-state index contributed by atoms with van der Waals surface area (Å²) in [4.78, 5) is 9.87. The number of benzene rings is 2. The van der Waals surface area contributed by atoms with E-state index in [1.807, 2.05) is 13.0 Å². The highest BCUT2D eigenvalue weighted by atomic mass is 32.1. The van der Waals surface area contributed by atoms with Crippen LogP contribution in [0.25, 0.3) is 21.3 Å². The molecule has 0 spiro atoms. The van der Waals surface area contributed by atoms with Crippen LogP contribution in [0.15, 0.2) is 48.1 Å². The van der Waals surface area contributed by atoms with Crippen molar-refractivity contribution in [2.45, 2.75) is 20.8 Å². The lowest BCUT2D eigenvalue weighted by Crippen LogP contribution is -1.97. The van der Waals surface area contributed by atoms with Crippen molar-refractivity contribution in [3.8, 4) is 16.9 Å². The molecule has 0 bridgehead atoms. The Kier molecular flexibility index (Phi) is 4.09. The highest BCUT2D eigenvalue weighted by Gasteiger charge is 2.14. The molecule has 2 N–H and O–H groups in total. The number of hydrogen-bond acceptors (Lipinski definition) is 5. The van der Waals surface area contributed by atoms with Gasteiger partial charge in [-0.05, 0) is 61.2 Å². The molecule has 4 aromatic rings. The van der Waals surface area contributed by atoms with Crippen LogP contribution in [-0.4, -0.2) is 15.1 Å². The Morgan fingerprint density at radius 3 is 2.54 bits per heavy atom. The molecule has 0 unspecified atom stereocenters. The third kappa shape index (κ3) is 2.91. The number of nitrogens with zero attached hydrogens (tertiary/aromatic N) is 2. The van der Waals surface area contributed by atoms with Gasteiger partial charge >= 0.3 is 0 Å². The van der Waals surface area contributed by atoms with Gasteiger partial charge < -0.3 is 10.4 Å². The largest absolute Gasteiger partial charge is 0.508 e. The maximum Gasteiger partial charge on any atom is 0.143 e. The van der Waals surface area contributed by atoms with Crippen LogP contribution in [0.5, 0.6) is 5.75 Å². The summed E-state index contributed by atoms with van der Waals surface area (Å²) in [6, 6.07) is 11.8. The highest BCUT2D eigenvalue weighted by molar-refractivity contribution is 7.17. The number of hydrogen-bond donors (Lipinski definition) is 2. The monoisotopic (exact) mass is 361 g/mol. The number of thiophene rings is 1. The van der Waals surface area contributed by atoms with Crippen molar-refractivity contribution in [2.75, 3.05) is 5.32 Å². The van der Waals surface area contributed by atoms with Gasteiger partial charge in [-0.25, -0.2) is 9.97 Å². The van der Waals surface area contributed by atoms with Crippen molar-refractivity contribution in [1.29, 1.82) is 0 Å². The predicted octanol–water partition coefficient (Wildman–Crippen LogP) is 5.73. The van der Waals surface area contributed by atoms with E-state index in [-0.39, 0.29) is 5.75 Å². The van der Waals surface area contributed by atoms with Crippen molar-refractivity contribution in [3.05, 3.63) is 64.8 Å². The Labute approximate surface area is 156 Å². The number of nitrogens with one attached hydrogen (secondary N) is 1. The van der Waals surface area contributed by atoms with Crippen LogP contribution in [0.1, 0.15) is 16.7 Å². The first-order valence-electron chi connectivity index (χ1n) is 8.39. The number of phenols is 1. The summed E-state index contributed by atoms with van der Waals surface area (Å²) in [5.74, 6) is 1.03. The van der Waals surface area contributed by atoms with E-state index >= 15 is 0 Å². The summed E-state index contributed by atoms with van der Waals surface area (Å²) in [5.41, 5.74) is 6.72. The molecular formula is C21H19N3OS. The molecule has 0 aliphatic rings. The number of aromatic nitrogens is 2. The second kappa shape index (κ2) is 6.42. The van der Waals surface area contributed by atoms with Crippen LogP contribution >= 0.6 is 11.3 Å². The minimum absolute atomic E-state index is 0.257. The first kappa shape index (κ1) is 16.5. The fourth-order valence-corrected chi connectivity index (χ4v) is 3.92. The van der Waals surface area contributed by atoms with Crippen LogP contribution in [0.4, 0.5) is 11.5 Å². The molecule has 0 atom stereocenters. The Morgan fingerprint density at radius 2 is 1.77 bits per heavy atom. The lowest BCUT2D eigenvalue weighted by molar-refractivity contribution is 0.475. The van der Waals surface area contributed by atoms with Gasteiger partial charge in [-0.15, -0.1) is 11.3 Å². The number of aromatic hydroxyl groups is 1. The molecular weight excluding hydrogens is 342 g/mol. The summed E-state index contributed by atoms with van der Waals surface area (Å²) in [5, 5.41) is 16.2. The smallest absolute Gasteiger partial charge is 0.143 e. The number of aryl methyl sites for hydroxylation is 3. The van der Waals surface area contributed by atoms with E-state index in [4.69, 9.17) is 0 Å². The van der Waals surface area contributed by atoms with E-state index in [2.05, 4.69) is 52.7 Å². The molecule has 4 rings (SSSR count). The molecule has 2 aromatic heterocycles. The van der Waals surface area contributed by atoms with Gasteiger partial charge in [-0.1, -0.05) is 18.2 Å². The molecule has 2 heterocycles. The fourth-order valence-electron chi connectivity index (χ4n) is 3.01. The second-order valence-corrected chi connectivity index (χ2v) is 7.33. The van der Waals surface area contributed by atoms with E-state index in [0.717, 1.165) is 32.8 Å². The molecule has 4 nitrogen and oxygen atoms in total. The minimum Gasteiger partial charge on any atom is -0.508 e. The van der Waals surface area contributed by atoms with Crippen molar-refractivity contribution in [3.63, 3.8) is 0 Å². The number of phenolic OH excluding ortho intramolecular Hbond substituents is 1. The van der Waals surface area contributed by atoms with Gasteiger partial charge in [0.2, 0.25) is 0 Å². The topological polar surface area (TPSA) is 58.0 Å². The van der Waals surface area contributed by atoms with E-state index in [0.29, 0.717) is 0 Å². The van der Waals surface area contributed by atoms with Gasteiger partial charge in [0.15, 0.2) is 0 Å². The summed E-state index contributed by atoms with van der Waals surface area (Å²) in [6.45, 7) is 6.20. The molecule has 0 aliphatic carbocycles. The van der Waals surface area contributed by atoms with Crippen LogP contribution in [-0.2, 0) is 0 Å². The van der Waals surface area contributed by atoms with Gasteiger partial charge in [-0.3, -0.25) is 0 Å². The molecule has 0 radical (unpaired) electrons. The van der Waals surface area contributed by atoms with Crippen LogP contribution in [0.2, 0.25) is 0 Å². The summed E-state index contributed by atoms with van der Waals surface area (Å²) in [7, 11) is 0. The average Bonchev–Trinajstić information content (AvgIpc) is 3.05. The standard InChI is InChI=1S/C21H19N3OS/c1-12-4-5-15(8-13(12)2)17-10-26-21-19(17)20(22-11-23-21)24-18-7-6-16(25)9-14(18)3/h4-11,25H,1-3H3,(H,22,23,24). The Balaban J connectivity index is 1.85. The summed E-state index contributed by atoms with van der Waals surface area (Å²) < 4.78 is 0. The van der Waals surface area contributed by atoms with Gasteiger partial charge in [0.05, 0.1) is 5.39 Å². The number of rotatable bonds is 3. The van der Waals surface area contributed by atoms with E-state index < -0.39 is 0 Å². The van der Waals surface area contributed by atoms with Crippen molar-refractivity contribution in [2.24, 2.45) is 0 Å². The normalized spacial score (nSPS) is 11.0. The first-order valence-corrected chi connectivity index (χ1v) is 9.27. The van der Waals surface area contributed by atoms with Crippen LogP contribution < -0.4 is 5.32 Å². The van der Waals surface area contributed by atoms with E-state index in [1.54, 1.807) is 29.8 Å². The number of fused-ring (bicyclic) bond motifs is 1. The molecule has 0 amide bonds. The Morgan fingerprint density at radius 1 is 0.923 bits per heavy atom. The predicted molar refractivity (Wildman–Crippen MR) is 108 cm³/mol. The van der Waals surface area contributed by atoms with E-state index in [9.17, 15) is 5.11 Å². The maximum absolute atomic E-state index is 9.63. The minimum atomic E-state index is 0.257. The first-order chi connectivity index (χ1) is 12.5. The van der Waals surface area contributed by atoms with Gasteiger partial charge in [-0.2, -0.15) is 0 Å². The van der Waals surface area contributed by atoms with E-state index in [1.165, 1.54) is 16.7 Å². The molecule has 0 fully saturated rings. The molecule has 5 heteroatoms. The van der Waals surface area contributed by atoms with Crippen molar-refractivity contribution < 1.29 is 5.11 Å². The van der Waals surface area contributed by atoms with Crippen molar-refractivity contribution in [1.82, 2.24) is 9.97 Å². The van der Waals surface area contributed by atoms with Crippen molar-refractivity contribution >= 4 is 33.1 Å². The molecule has 0 saturated heterocycles. The molecule has 0 aliphatic heterocycles. The molecule has 130 valence electrons. The third-order valence-corrected chi connectivity index (χ3v) is 5.54. The van der Waals surface area contributed by atoms with Gasteiger partial charge in [0.1, 0.15) is 22.7 Å². The van der Waals surface area contributed by atoms with Gasteiger partial charge in [0, 0.05) is 16.6 Å². The maximum atomic E-state index is 9.63. The zero-order valence-corrected chi connectivity index (χ0v) is 15.7. The molecule has 26 heavy (non-hydrogen) atoms. The fraction of sp³-hybridized carbons (Fsp3) is 0.143. The highest BCUT2D eigenvalue weighted by Crippen LogP contribution is 2.38. The summed E-state index contributed by atoms with van der Waals surface area (Å²) in [6.07, 6.45) is 1.58. The van der Waals surface area contributed by atoms with Crippen LogP contribution in [0, 0.1) is 20.8 Å². The molecule has 2 aromatic carbocycles. The summed E-state index contributed by atoms with van der Waals surface area (Å²) >= 11 is 1.62.